The number of rotatable bonds is 6. The Morgan fingerprint density at radius 3 is 2.84 bits per heavy atom. The number of nitrogens with one attached hydrogen (secondary N) is 2. The molecule has 0 amide bonds. The Hall–Kier alpha value is -2.60. The molecule has 0 saturated carbocycles. The number of hydrogen-bond donors (Lipinski definition) is 3. The van der Waals surface area contributed by atoms with Gasteiger partial charge in [-0.15, -0.1) is 11.3 Å². The smallest absolute Gasteiger partial charge is 0.100 e. The molecule has 1 aliphatic carbocycles. The number of halogens is 1. The van der Waals surface area contributed by atoms with Gasteiger partial charge in [0.05, 0.1) is 22.3 Å². The van der Waals surface area contributed by atoms with Crippen molar-refractivity contribution in [2.24, 2.45) is 0 Å². The highest BCUT2D eigenvalue weighted by molar-refractivity contribution is 7.16. The molecular formula is C25H26ClN3OS. The number of aromatic nitrogens is 1. The molecule has 0 bridgehead atoms. The topological polar surface area (TPSA) is 63.1 Å². The number of nitrogens with zero attached hydrogens (tertiary/aromatic N) is 1. The summed E-state index contributed by atoms with van der Waals surface area (Å²) < 4.78 is 0. The summed E-state index contributed by atoms with van der Waals surface area (Å²) in [4.78, 5) is 7.55. The number of aliphatic hydroxyl groups is 1. The van der Waals surface area contributed by atoms with Gasteiger partial charge in [-0.25, -0.2) is 0 Å². The van der Waals surface area contributed by atoms with Gasteiger partial charge in [-0.3, -0.25) is 0 Å². The first-order chi connectivity index (χ1) is 14.8. The molecule has 1 aliphatic rings. The van der Waals surface area contributed by atoms with Crippen molar-refractivity contribution in [1.29, 1.82) is 5.41 Å². The highest BCUT2D eigenvalue weighted by atomic mass is 35.5. The molecular weight excluding hydrogens is 426 g/mol. The summed E-state index contributed by atoms with van der Waals surface area (Å²) in [7, 11) is 2.00. The standard InChI is InChI=1S/C25H26ClN3OS/c1-25(2,30)24(27)15-21(29(3)20-10-5-4-8-18(20)26)23-12-11-22(31-23)17-7-6-9-19-16(17)13-14-28-19/h4-9,11-15,20,27-28,30H,10H2,1-3H3/b21-15-,27-24?. The van der Waals surface area contributed by atoms with E-state index in [4.69, 9.17) is 17.0 Å². The van der Waals surface area contributed by atoms with E-state index in [1.807, 2.05) is 25.4 Å². The predicted octanol–water partition coefficient (Wildman–Crippen LogP) is 6.41. The minimum absolute atomic E-state index is 0.00817. The normalized spacial score (nSPS) is 17.1. The molecule has 2 aromatic heterocycles. The van der Waals surface area contributed by atoms with Gasteiger partial charge in [0.2, 0.25) is 0 Å². The molecule has 4 nitrogen and oxygen atoms in total. The molecule has 0 aliphatic heterocycles. The molecule has 3 N–H and O–H groups in total. The van der Waals surface area contributed by atoms with Crippen LogP contribution in [0, 0.1) is 5.41 Å². The zero-order chi connectivity index (χ0) is 22.2. The number of likely N-dealkylation sites (N-methyl/N-ethyl adjacent to an activating group) is 1. The van der Waals surface area contributed by atoms with Crippen LogP contribution >= 0.6 is 22.9 Å². The summed E-state index contributed by atoms with van der Waals surface area (Å²) in [5.74, 6) is 0. The minimum atomic E-state index is -1.23. The summed E-state index contributed by atoms with van der Waals surface area (Å²) in [5, 5.41) is 20.7. The Labute approximate surface area is 191 Å². The average molecular weight is 452 g/mol. The maximum Gasteiger partial charge on any atom is 0.100 e. The van der Waals surface area contributed by atoms with Gasteiger partial charge >= 0.3 is 0 Å². The molecule has 1 aromatic carbocycles. The number of hydrogen-bond acceptors (Lipinski definition) is 4. The third kappa shape index (κ3) is 4.40. The average Bonchev–Trinajstić information content (AvgIpc) is 3.40. The number of allylic oxidation sites excluding steroid dienone is 2. The van der Waals surface area contributed by atoms with E-state index in [1.165, 1.54) is 10.9 Å². The third-order valence-electron chi connectivity index (χ3n) is 5.58. The van der Waals surface area contributed by atoms with E-state index < -0.39 is 5.60 Å². The Morgan fingerprint density at radius 1 is 1.29 bits per heavy atom. The molecule has 31 heavy (non-hydrogen) atoms. The van der Waals surface area contributed by atoms with Crippen LogP contribution in [-0.4, -0.2) is 39.4 Å². The van der Waals surface area contributed by atoms with E-state index in [0.717, 1.165) is 32.4 Å². The van der Waals surface area contributed by atoms with Crippen molar-refractivity contribution in [3.8, 4) is 10.4 Å². The molecule has 2 heterocycles. The van der Waals surface area contributed by atoms with Crippen molar-refractivity contribution < 1.29 is 5.11 Å². The second kappa shape index (κ2) is 8.50. The summed E-state index contributed by atoms with van der Waals surface area (Å²) in [5.41, 5.74) is 2.08. The number of fused-ring (bicyclic) bond motifs is 1. The van der Waals surface area contributed by atoms with Gasteiger partial charge in [0.25, 0.3) is 0 Å². The number of H-pyrrole nitrogens is 1. The molecule has 0 radical (unpaired) electrons. The van der Waals surface area contributed by atoms with Crippen LogP contribution in [0.3, 0.4) is 0 Å². The van der Waals surface area contributed by atoms with Crippen LogP contribution in [-0.2, 0) is 0 Å². The fraction of sp³-hybridized carbons (Fsp3) is 0.240. The van der Waals surface area contributed by atoms with Gasteiger partial charge in [0.15, 0.2) is 0 Å². The van der Waals surface area contributed by atoms with Crippen molar-refractivity contribution >= 4 is 45.2 Å². The zero-order valence-corrected chi connectivity index (χ0v) is 19.4. The van der Waals surface area contributed by atoms with Crippen molar-refractivity contribution in [3.05, 3.63) is 76.8 Å². The maximum atomic E-state index is 10.4. The first-order valence-corrected chi connectivity index (χ1v) is 11.4. The van der Waals surface area contributed by atoms with Crippen LogP contribution in [0.5, 0.6) is 0 Å². The lowest BCUT2D eigenvalue weighted by atomic mass is 10.0. The SMILES string of the molecule is CN(/C(=C\C(=N)C(C)(C)O)c1ccc(-c2cccc3[nH]ccc23)s1)C1CC=CC=C1Cl. The van der Waals surface area contributed by atoms with Gasteiger partial charge in [-0.1, -0.05) is 35.9 Å². The fourth-order valence-electron chi connectivity index (χ4n) is 3.68. The predicted molar refractivity (Wildman–Crippen MR) is 133 cm³/mol. The van der Waals surface area contributed by atoms with E-state index in [1.54, 1.807) is 31.3 Å². The van der Waals surface area contributed by atoms with Crippen LogP contribution in [0.1, 0.15) is 25.1 Å². The second-order valence-electron chi connectivity index (χ2n) is 8.25. The number of thiophene rings is 1. The van der Waals surface area contributed by atoms with E-state index in [-0.39, 0.29) is 11.8 Å². The molecule has 1 unspecified atom stereocenters. The number of aromatic amines is 1. The van der Waals surface area contributed by atoms with Gasteiger partial charge in [0, 0.05) is 39.6 Å². The molecule has 4 rings (SSSR count). The Kier molecular flexibility index (Phi) is 5.93. The number of benzene rings is 1. The highest BCUT2D eigenvalue weighted by Gasteiger charge is 2.25. The molecule has 1 atom stereocenters. The van der Waals surface area contributed by atoms with Crippen LogP contribution in [0.2, 0.25) is 0 Å². The van der Waals surface area contributed by atoms with Crippen molar-refractivity contribution in [3.63, 3.8) is 0 Å². The summed E-state index contributed by atoms with van der Waals surface area (Å²) in [6.45, 7) is 3.26. The zero-order valence-electron chi connectivity index (χ0n) is 17.8. The summed E-state index contributed by atoms with van der Waals surface area (Å²) in [6, 6.07) is 12.5. The first kappa shape index (κ1) is 21.6. The van der Waals surface area contributed by atoms with Crippen LogP contribution in [0.25, 0.3) is 27.0 Å². The van der Waals surface area contributed by atoms with Crippen LogP contribution < -0.4 is 0 Å². The van der Waals surface area contributed by atoms with Crippen molar-refractivity contribution in [2.45, 2.75) is 31.9 Å². The fourth-order valence-corrected chi connectivity index (χ4v) is 5.10. The molecule has 0 fully saturated rings. The largest absolute Gasteiger partial charge is 0.384 e. The van der Waals surface area contributed by atoms with Gasteiger partial charge in [-0.05, 0) is 56.7 Å². The van der Waals surface area contributed by atoms with Crippen molar-refractivity contribution in [1.82, 2.24) is 9.88 Å². The van der Waals surface area contributed by atoms with Crippen LogP contribution in [0.4, 0.5) is 0 Å². The molecule has 0 saturated heterocycles. The lowest BCUT2D eigenvalue weighted by Gasteiger charge is -2.32. The quantitative estimate of drug-likeness (QED) is 0.379. The third-order valence-corrected chi connectivity index (χ3v) is 7.09. The molecule has 3 aromatic rings. The van der Waals surface area contributed by atoms with Gasteiger partial charge in [-0.2, -0.15) is 0 Å². The lowest BCUT2D eigenvalue weighted by molar-refractivity contribution is 0.154. The van der Waals surface area contributed by atoms with E-state index >= 15 is 0 Å². The molecule has 0 spiro atoms. The minimum Gasteiger partial charge on any atom is -0.384 e. The Bertz CT molecular complexity index is 1210. The Morgan fingerprint density at radius 2 is 2.10 bits per heavy atom. The first-order valence-electron chi connectivity index (χ1n) is 10.2. The van der Waals surface area contributed by atoms with Gasteiger partial charge in [0.1, 0.15) is 5.60 Å². The van der Waals surface area contributed by atoms with Crippen LogP contribution in [0.15, 0.2) is 71.9 Å². The Balaban J connectivity index is 1.77. The van der Waals surface area contributed by atoms with E-state index in [0.29, 0.717) is 0 Å². The lowest BCUT2D eigenvalue weighted by Crippen LogP contribution is -2.34. The van der Waals surface area contributed by atoms with Crippen molar-refractivity contribution in [2.75, 3.05) is 7.05 Å². The van der Waals surface area contributed by atoms with E-state index in [9.17, 15) is 5.11 Å². The second-order valence-corrected chi connectivity index (χ2v) is 9.77. The van der Waals surface area contributed by atoms with E-state index in [2.05, 4.69) is 52.4 Å². The van der Waals surface area contributed by atoms with Gasteiger partial charge < -0.3 is 20.4 Å². The molecule has 6 heteroatoms. The maximum absolute atomic E-state index is 10.4. The summed E-state index contributed by atoms with van der Waals surface area (Å²) >= 11 is 8.20. The monoisotopic (exact) mass is 451 g/mol. The highest BCUT2D eigenvalue weighted by Crippen LogP contribution is 2.38. The molecule has 160 valence electrons. The summed E-state index contributed by atoms with van der Waals surface area (Å²) in [6.07, 6.45) is 10.5.